The Morgan fingerprint density at radius 3 is 2.44 bits per heavy atom. The first-order chi connectivity index (χ1) is 8.37. The van der Waals surface area contributed by atoms with Gasteiger partial charge in [-0.15, -0.1) is 0 Å². The van der Waals surface area contributed by atoms with Crippen molar-refractivity contribution < 1.29 is 9.53 Å². The zero-order chi connectivity index (χ0) is 13.6. The lowest BCUT2D eigenvalue weighted by atomic mass is 9.92. The lowest BCUT2D eigenvalue weighted by Crippen LogP contribution is -2.30. The molecule has 1 aromatic rings. The smallest absolute Gasteiger partial charge is 0.220 e. The molecule has 0 spiro atoms. The van der Waals surface area contributed by atoms with E-state index in [1.807, 2.05) is 20.8 Å². The minimum Gasteiger partial charge on any atom is -0.492 e. The number of hydrogen-bond acceptors (Lipinski definition) is 2. The number of carbonyl (C=O) groups is 1. The summed E-state index contributed by atoms with van der Waals surface area (Å²) in [6.07, 6.45) is 0.522. The maximum absolute atomic E-state index is 11.5. The summed E-state index contributed by atoms with van der Waals surface area (Å²) >= 11 is 5.76. The van der Waals surface area contributed by atoms with E-state index < -0.39 is 0 Å². The minimum absolute atomic E-state index is 0.0150. The van der Waals surface area contributed by atoms with Crippen LogP contribution in [0, 0.1) is 5.41 Å². The summed E-state index contributed by atoms with van der Waals surface area (Å²) in [5.74, 6) is 0.812. The Kier molecular flexibility index (Phi) is 5.48. The summed E-state index contributed by atoms with van der Waals surface area (Å²) < 4.78 is 5.47. The second kappa shape index (κ2) is 6.64. The first-order valence-electron chi connectivity index (χ1n) is 6.02. The Bertz CT molecular complexity index is 382. The van der Waals surface area contributed by atoms with Crippen molar-refractivity contribution in [1.82, 2.24) is 5.32 Å². The first kappa shape index (κ1) is 14.8. The summed E-state index contributed by atoms with van der Waals surface area (Å²) in [5, 5.41) is 3.51. The summed E-state index contributed by atoms with van der Waals surface area (Å²) in [5.41, 5.74) is 0.0150. The summed E-state index contributed by atoms with van der Waals surface area (Å²) in [4.78, 5) is 11.5. The summed E-state index contributed by atoms with van der Waals surface area (Å²) in [7, 11) is 0. The van der Waals surface area contributed by atoms with Crippen molar-refractivity contribution in [2.45, 2.75) is 27.2 Å². The molecule has 0 aliphatic rings. The van der Waals surface area contributed by atoms with Crippen LogP contribution in [0.25, 0.3) is 0 Å². The third kappa shape index (κ3) is 6.50. The molecule has 0 saturated carbocycles. The van der Waals surface area contributed by atoms with Gasteiger partial charge in [-0.1, -0.05) is 32.4 Å². The fourth-order valence-electron chi connectivity index (χ4n) is 1.43. The van der Waals surface area contributed by atoms with Crippen LogP contribution in [-0.2, 0) is 4.79 Å². The molecular weight excluding hydrogens is 250 g/mol. The Balaban J connectivity index is 2.19. The molecule has 0 radical (unpaired) electrons. The molecule has 0 heterocycles. The Labute approximate surface area is 113 Å². The second-order valence-electron chi connectivity index (χ2n) is 5.39. The molecular formula is C14H20ClNO2. The number of nitrogens with one attached hydrogen (secondary N) is 1. The number of amides is 1. The van der Waals surface area contributed by atoms with Gasteiger partial charge in [0.15, 0.2) is 0 Å². The van der Waals surface area contributed by atoms with Gasteiger partial charge >= 0.3 is 0 Å². The molecule has 0 aromatic heterocycles. The molecule has 1 aromatic carbocycles. The first-order valence-corrected chi connectivity index (χ1v) is 6.40. The van der Waals surface area contributed by atoms with Crippen molar-refractivity contribution in [3.8, 4) is 5.75 Å². The van der Waals surface area contributed by atoms with Crippen LogP contribution in [0.4, 0.5) is 0 Å². The normalized spacial score (nSPS) is 11.1. The van der Waals surface area contributed by atoms with E-state index >= 15 is 0 Å². The van der Waals surface area contributed by atoms with Crippen molar-refractivity contribution in [2.24, 2.45) is 5.41 Å². The third-order valence-electron chi connectivity index (χ3n) is 2.20. The molecule has 0 fully saturated rings. The van der Waals surface area contributed by atoms with E-state index in [0.717, 1.165) is 5.75 Å². The van der Waals surface area contributed by atoms with E-state index in [-0.39, 0.29) is 11.3 Å². The highest BCUT2D eigenvalue weighted by Gasteiger charge is 2.15. The highest BCUT2D eigenvalue weighted by molar-refractivity contribution is 6.30. The maximum atomic E-state index is 11.5. The standard InChI is InChI=1S/C14H20ClNO2/c1-14(2,3)10-13(17)16-8-9-18-12-6-4-11(15)5-7-12/h4-7H,8-10H2,1-3H3,(H,16,17). The SMILES string of the molecule is CC(C)(C)CC(=O)NCCOc1ccc(Cl)cc1. The summed E-state index contributed by atoms with van der Waals surface area (Å²) in [6.45, 7) is 7.08. The molecule has 0 bridgehead atoms. The van der Waals surface area contributed by atoms with Crippen LogP contribution in [-0.4, -0.2) is 19.1 Å². The van der Waals surface area contributed by atoms with Gasteiger partial charge in [0.2, 0.25) is 5.91 Å². The molecule has 1 N–H and O–H groups in total. The van der Waals surface area contributed by atoms with Crippen LogP contribution in [0.15, 0.2) is 24.3 Å². The zero-order valence-electron chi connectivity index (χ0n) is 11.1. The van der Waals surface area contributed by atoms with Gasteiger partial charge in [-0.05, 0) is 29.7 Å². The van der Waals surface area contributed by atoms with E-state index in [9.17, 15) is 4.79 Å². The number of halogens is 1. The van der Waals surface area contributed by atoms with Crippen molar-refractivity contribution in [1.29, 1.82) is 0 Å². The van der Waals surface area contributed by atoms with Crippen LogP contribution < -0.4 is 10.1 Å². The fraction of sp³-hybridized carbons (Fsp3) is 0.500. The van der Waals surface area contributed by atoms with Gasteiger partial charge in [0.1, 0.15) is 12.4 Å². The van der Waals surface area contributed by atoms with Gasteiger partial charge in [0, 0.05) is 11.4 Å². The Morgan fingerprint density at radius 1 is 1.28 bits per heavy atom. The van der Waals surface area contributed by atoms with Crippen LogP contribution in [0.2, 0.25) is 5.02 Å². The monoisotopic (exact) mass is 269 g/mol. The predicted molar refractivity (Wildman–Crippen MR) is 74.0 cm³/mol. The average molecular weight is 270 g/mol. The highest BCUT2D eigenvalue weighted by atomic mass is 35.5. The van der Waals surface area contributed by atoms with Crippen LogP contribution in [0.5, 0.6) is 5.75 Å². The van der Waals surface area contributed by atoms with Crippen molar-refractivity contribution in [2.75, 3.05) is 13.2 Å². The predicted octanol–water partition coefficient (Wildman–Crippen LogP) is 3.27. The second-order valence-corrected chi connectivity index (χ2v) is 5.83. The molecule has 3 nitrogen and oxygen atoms in total. The van der Waals surface area contributed by atoms with Gasteiger partial charge in [-0.3, -0.25) is 4.79 Å². The quantitative estimate of drug-likeness (QED) is 0.833. The van der Waals surface area contributed by atoms with Crippen molar-refractivity contribution in [3.05, 3.63) is 29.3 Å². The molecule has 0 aliphatic carbocycles. The Hall–Kier alpha value is -1.22. The molecule has 0 aliphatic heterocycles. The number of hydrogen-bond donors (Lipinski definition) is 1. The fourth-order valence-corrected chi connectivity index (χ4v) is 1.56. The number of rotatable bonds is 5. The molecule has 0 saturated heterocycles. The highest BCUT2D eigenvalue weighted by Crippen LogP contribution is 2.17. The molecule has 100 valence electrons. The number of benzene rings is 1. The molecule has 1 amide bonds. The van der Waals surface area contributed by atoms with E-state index in [4.69, 9.17) is 16.3 Å². The van der Waals surface area contributed by atoms with Gasteiger partial charge < -0.3 is 10.1 Å². The van der Waals surface area contributed by atoms with Gasteiger partial charge in [0.25, 0.3) is 0 Å². The largest absolute Gasteiger partial charge is 0.492 e. The van der Waals surface area contributed by atoms with Crippen LogP contribution >= 0.6 is 11.6 Å². The third-order valence-corrected chi connectivity index (χ3v) is 2.45. The topological polar surface area (TPSA) is 38.3 Å². The molecule has 1 rings (SSSR count). The molecule has 4 heteroatoms. The van der Waals surface area contributed by atoms with Gasteiger partial charge in [0.05, 0.1) is 6.54 Å². The van der Waals surface area contributed by atoms with Crippen molar-refractivity contribution >= 4 is 17.5 Å². The lowest BCUT2D eigenvalue weighted by molar-refractivity contribution is -0.122. The molecule has 0 unspecified atom stereocenters. The zero-order valence-corrected chi connectivity index (χ0v) is 11.9. The summed E-state index contributed by atoms with van der Waals surface area (Å²) in [6, 6.07) is 7.16. The van der Waals surface area contributed by atoms with Gasteiger partial charge in [-0.25, -0.2) is 0 Å². The molecule has 0 atom stereocenters. The van der Waals surface area contributed by atoms with E-state index in [2.05, 4.69) is 5.32 Å². The molecule has 18 heavy (non-hydrogen) atoms. The average Bonchev–Trinajstić information content (AvgIpc) is 2.24. The lowest BCUT2D eigenvalue weighted by Gasteiger charge is -2.17. The minimum atomic E-state index is 0.0150. The van der Waals surface area contributed by atoms with Gasteiger partial charge in [-0.2, -0.15) is 0 Å². The van der Waals surface area contributed by atoms with E-state index in [1.54, 1.807) is 24.3 Å². The maximum Gasteiger partial charge on any atom is 0.220 e. The van der Waals surface area contributed by atoms with Crippen LogP contribution in [0.1, 0.15) is 27.2 Å². The number of carbonyl (C=O) groups excluding carboxylic acids is 1. The Morgan fingerprint density at radius 2 is 1.89 bits per heavy atom. The van der Waals surface area contributed by atoms with E-state index in [0.29, 0.717) is 24.6 Å². The van der Waals surface area contributed by atoms with Crippen molar-refractivity contribution in [3.63, 3.8) is 0 Å². The van der Waals surface area contributed by atoms with Crippen LogP contribution in [0.3, 0.4) is 0 Å². The van der Waals surface area contributed by atoms with E-state index in [1.165, 1.54) is 0 Å². The number of ether oxygens (including phenoxy) is 1.